The van der Waals surface area contributed by atoms with Crippen molar-refractivity contribution >= 4 is 28.7 Å². The molecule has 0 fully saturated rings. The van der Waals surface area contributed by atoms with E-state index >= 15 is 0 Å². The van der Waals surface area contributed by atoms with Crippen molar-refractivity contribution in [1.82, 2.24) is 0 Å². The van der Waals surface area contributed by atoms with Gasteiger partial charge in [-0.1, -0.05) is 53.8 Å². The third-order valence-electron chi connectivity index (χ3n) is 1.68. The number of benzene rings is 1. The average molecular weight is 258 g/mol. The molecule has 0 atom stereocenters. The Labute approximate surface area is 81.5 Å². The highest BCUT2D eigenvalue weighted by molar-refractivity contribution is 14.1. The van der Waals surface area contributed by atoms with Crippen molar-refractivity contribution in [1.29, 1.82) is 0 Å². The molecule has 0 saturated heterocycles. The fourth-order valence-electron chi connectivity index (χ4n) is 1.09. The molecule has 1 heteroatoms. The molecule has 11 heavy (non-hydrogen) atoms. The van der Waals surface area contributed by atoms with Gasteiger partial charge in [0.2, 0.25) is 0 Å². The Morgan fingerprint density at radius 3 is 2.73 bits per heavy atom. The van der Waals surface area contributed by atoms with Crippen LogP contribution >= 0.6 is 22.6 Å². The Hall–Kier alpha value is -0.310. The minimum absolute atomic E-state index is 1.11. The molecule has 58 valence electrons. The molecule has 0 N–H and O–H groups in total. The first-order valence-electron chi connectivity index (χ1n) is 3.73. The Kier molecular flexibility index (Phi) is 3.63. The lowest BCUT2D eigenvalue weighted by Gasteiger charge is -2.00. The van der Waals surface area contributed by atoms with Crippen molar-refractivity contribution in [2.45, 2.75) is 13.3 Å². The predicted octanol–water partition coefficient (Wildman–Crippen LogP) is 3.65. The number of hydrogen-bond donors (Lipinski definition) is 0. The third-order valence-corrected chi connectivity index (χ3v) is 2.04. The lowest BCUT2D eigenvalue weighted by Crippen LogP contribution is -1.83. The summed E-state index contributed by atoms with van der Waals surface area (Å²) in [5, 5.41) is 0. The lowest BCUT2D eigenvalue weighted by molar-refractivity contribution is 1.13. The van der Waals surface area contributed by atoms with Gasteiger partial charge in [-0.2, -0.15) is 0 Å². The minimum atomic E-state index is 1.11. The van der Waals surface area contributed by atoms with Crippen LogP contribution in [0.25, 0.3) is 6.08 Å². The summed E-state index contributed by atoms with van der Waals surface area (Å²) in [6, 6.07) is 8.48. The van der Waals surface area contributed by atoms with Crippen LogP contribution in [0, 0.1) is 0 Å². The molecule has 0 spiro atoms. The summed E-state index contributed by atoms with van der Waals surface area (Å²) in [5.41, 5.74) is 2.75. The second-order valence-electron chi connectivity index (χ2n) is 2.35. The van der Waals surface area contributed by atoms with E-state index in [-0.39, 0.29) is 0 Å². The van der Waals surface area contributed by atoms with Crippen LogP contribution in [0.5, 0.6) is 0 Å². The van der Waals surface area contributed by atoms with Gasteiger partial charge in [0.15, 0.2) is 0 Å². The van der Waals surface area contributed by atoms with E-state index in [9.17, 15) is 0 Å². The van der Waals surface area contributed by atoms with E-state index in [0.717, 1.165) is 6.42 Å². The average Bonchev–Trinajstić information content (AvgIpc) is 2.06. The normalized spacial score (nSPS) is 10.7. The summed E-state index contributed by atoms with van der Waals surface area (Å²) < 4.78 is 2.05. The number of hydrogen-bond acceptors (Lipinski definition) is 0. The second-order valence-corrected chi connectivity index (χ2v) is 3.06. The lowest BCUT2D eigenvalue weighted by atomic mass is 10.1. The second kappa shape index (κ2) is 4.54. The SMILES string of the molecule is CCc1ccccc1/C=C/I. The van der Waals surface area contributed by atoms with Crippen molar-refractivity contribution in [3.05, 3.63) is 39.5 Å². The summed E-state index contributed by atoms with van der Waals surface area (Å²) >= 11 is 2.24. The van der Waals surface area contributed by atoms with Crippen molar-refractivity contribution in [2.24, 2.45) is 0 Å². The van der Waals surface area contributed by atoms with Gasteiger partial charge in [-0.3, -0.25) is 0 Å². The first-order valence-corrected chi connectivity index (χ1v) is 4.97. The van der Waals surface area contributed by atoms with Gasteiger partial charge in [-0.25, -0.2) is 0 Å². The number of halogens is 1. The van der Waals surface area contributed by atoms with Crippen LogP contribution in [0.1, 0.15) is 18.1 Å². The van der Waals surface area contributed by atoms with Gasteiger partial charge in [-0.15, -0.1) is 0 Å². The molecule has 0 unspecified atom stereocenters. The maximum absolute atomic E-state index is 2.24. The van der Waals surface area contributed by atoms with Crippen molar-refractivity contribution in [2.75, 3.05) is 0 Å². The Morgan fingerprint density at radius 1 is 1.36 bits per heavy atom. The zero-order valence-electron chi connectivity index (χ0n) is 6.55. The van der Waals surface area contributed by atoms with Crippen LogP contribution in [-0.2, 0) is 6.42 Å². The molecule has 0 aliphatic rings. The zero-order chi connectivity index (χ0) is 8.10. The molecule has 1 rings (SSSR count). The van der Waals surface area contributed by atoms with Crippen LogP contribution in [0.2, 0.25) is 0 Å². The Morgan fingerprint density at radius 2 is 2.09 bits per heavy atom. The number of aryl methyl sites for hydroxylation is 1. The Bertz CT molecular complexity index is 251. The summed E-state index contributed by atoms with van der Waals surface area (Å²) in [6.45, 7) is 2.18. The molecule has 0 saturated carbocycles. The van der Waals surface area contributed by atoms with Gasteiger partial charge < -0.3 is 0 Å². The zero-order valence-corrected chi connectivity index (χ0v) is 8.71. The van der Waals surface area contributed by atoms with Crippen LogP contribution in [0.4, 0.5) is 0 Å². The quantitative estimate of drug-likeness (QED) is 0.710. The van der Waals surface area contributed by atoms with Gasteiger partial charge in [0.1, 0.15) is 0 Å². The standard InChI is InChI=1S/C10H11I/c1-2-9-5-3-4-6-10(9)7-8-11/h3-8H,2H2,1H3/b8-7+. The van der Waals surface area contributed by atoms with Gasteiger partial charge >= 0.3 is 0 Å². The van der Waals surface area contributed by atoms with E-state index < -0.39 is 0 Å². The highest BCUT2D eigenvalue weighted by Gasteiger charge is 1.92. The van der Waals surface area contributed by atoms with Gasteiger partial charge in [0.25, 0.3) is 0 Å². The van der Waals surface area contributed by atoms with Crippen molar-refractivity contribution < 1.29 is 0 Å². The predicted molar refractivity (Wildman–Crippen MR) is 58.9 cm³/mol. The summed E-state index contributed by atoms with van der Waals surface area (Å²) in [7, 11) is 0. The highest BCUT2D eigenvalue weighted by atomic mass is 127. The molecule has 0 aliphatic carbocycles. The van der Waals surface area contributed by atoms with Crippen LogP contribution in [-0.4, -0.2) is 0 Å². The van der Waals surface area contributed by atoms with Crippen LogP contribution in [0.3, 0.4) is 0 Å². The van der Waals surface area contributed by atoms with E-state index in [1.54, 1.807) is 0 Å². The molecule has 0 aromatic heterocycles. The molecule has 0 aliphatic heterocycles. The monoisotopic (exact) mass is 258 g/mol. The fourth-order valence-corrected chi connectivity index (χ4v) is 1.47. The highest BCUT2D eigenvalue weighted by Crippen LogP contribution is 2.11. The van der Waals surface area contributed by atoms with Crippen molar-refractivity contribution in [3.8, 4) is 0 Å². The largest absolute Gasteiger partial charge is 0.0620 e. The van der Waals surface area contributed by atoms with Gasteiger partial charge in [0.05, 0.1) is 0 Å². The van der Waals surface area contributed by atoms with Gasteiger partial charge in [-0.05, 0) is 27.7 Å². The maximum atomic E-state index is 2.24. The molecular formula is C10H11I. The summed E-state index contributed by atoms with van der Waals surface area (Å²) in [5.74, 6) is 0. The first kappa shape index (κ1) is 8.78. The van der Waals surface area contributed by atoms with E-state index in [2.05, 4.69) is 59.9 Å². The molecule has 0 heterocycles. The molecule has 1 aromatic rings. The summed E-state index contributed by atoms with van der Waals surface area (Å²) in [4.78, 5) is 0. The number of rotatable bonds is 2. The van der Waals surface area contributed by atoms with Crippen molar-refractivity contribution in [3.63, 3.8) is 0 Å². The van der Waals surface area contributed by atoms with E-state index in [1.807, 2.05) is 4.08 Å². The van der Waals surface area contributed by atoms with Crippen LogP contribution < -0.4 is 0 Å². The molecule has 0 nitrogen and oxygen atoms in total. The molecule has 0 radical (unpaired) electrons. The minimum Gasteiger partial charge on any atom is -0.0620 e. The van der Waals surface area contributed by atoms with E-state index in [1.165, 1.54) is 11.1 Å². The molecule has 0 bridgehead atoms. The third kappa shape index (κ3) is 2.33. The molecular weight excluding hydrogens is 247 g/mol. The maximum Gasteiger partial charge on any atom is -0.0220 e. The topological polar surface area (TPSA) is 0 Å². The van der Waals surface area contributed by atoms with E-state index in [0.29, 0.717) is 0 Å². The van der Waals surface area contributed by atoms with E-state index in [4.69, 9.17) is 0 Å². The van der Waals surface area contributed by atoms with Gasteiger partial charge in [0, 0.05) is 0 Å². The molecule has 1 aromatic carbocycles. The Balaban J connectivity index is 3.02. The van der Waals surface area contributed by atoms with Crippen LogP contribution in [0.15, 0.2) is 28.3 Å². The molecule has 0 amide bonds. The fraction of sp³-hybridized carbons (Fsp3) is 0.200. The first-order chi connectivity index (χ1) is 5.38. The smallest absolute Gasteiger partial charge is 0.0220 e. The summed E-state index contributed by atoms with van der Waals surface area (Å²) in [6.07, 6.45) is 3.25.